The Kier molecular flexibility index (Phi) is 5.78. The molecule has 3 rings (SSSR count). The molecule has 1 aliphatic rings. The molecule has 136 valence electrons. The van der Waals surface area contributed by atoms with Crippen molar-refractivity contribution in [1.82, 2.24) is 20.2 Å². The number of amides is 2. The number of nitrogens with zero attached hydrogens (tertiary/aromatic N) is 3. The summed E-state index contributed by atoms with van der Waals surface area (Å²) in [6.07, 6.45) is 6.21. The molecule has 0 spiro atoms. The predicted octanol–water partition coefficient (Wildman–Crippen LogP) is 1.91. The van der Waals surface area contributed by atoms with Crippen molar-refractivity contribution in [2.75, 3.05) is 19.7 Å². The van der Waals surface area contributed by atoms with Crippen LogP contribution in [0.2, 0.25) is 0 Å². The van der Waals surface area contributed by atoms with Gasteiger partial charge in [-0.3, -0.25) is 14.6 Å². The molecular formula is C19H22N4O3. The molecule has 2 aromatic rings. The van der Waals surface area contributed by atoms with Gasteiger partial charge in [-0.1, -0.05) is 0 Å². The Balaban J connectivity index is 1.50. The number of carbonyl (C=O) groups excluding carboxylic acids is 2. The molecule has 0 bridgehead atoms. The van der Waals surface area contributed by atoms with Gasteiger partial charge < -0.3 is 15.0 Å². The van der Waals surface area contributed by atoms with E-state index in [1.165, 1.54) is 6.20 Å². The van der Waals surface area contributed by atoms with Crippen LogP contribution in [0.3, 0.4) is 0 Å². The van der Waals surface area contributed by atoms with Crippen molar-refractivity contribution in [2.24, 2.45) is 0 Å². The molecule has 0 saturated carbocycles. The standard InChI is InChI=1S/C19H22N4O3/c1-2-26-17-4-3-15(13-21-17)18(24)22-16-7-11-23(12-8-16)19(25)14-5-9-20-10-6-14/h3-6,9-10,13,16H,2,7-8,11-12H2,1H3,(H,22,24). The van der Waals surface area contributed by atoms with Gasteiger partial charge in [-0.25, -0.2) is 4.98 Å². The second-order valence-electron chi connectivity index (χ2n) is 6.09. The van der Waals surface area contributed by atoms with Crippen molar-refractivity contribution in [3.63, 3.8) is 0 Å². The first-order chi connectivity index (χ1) is 12.7. The van der Waals surface area contributed by atoms with Gasteiger partial charge in [0.15, 0.2) is 0 Å². The van der Waals surface area contributed by atoms with Crippen molar-refractivity contribution >= 4 is 11.8 Å². The molecule has 3 heterocycles. The van der Waals surface area contributed by atoms with Crippen molar-refractivity contribution < 1.29 is 14.3 Å². The SMILES string of the molecule is CCOc1ccc(C(=O)NC2CCN(C(=O)c3ccncc3)CC2)cn1. The van der Waals surface area contributed by atoms with Crippen LogP contribution in [0.15, 0.2) is 42.9 Å². The monoisotopic (exact) mass is 354 g/mol. The molecule has 0 unspecified atom stereocenters. The van der Waals surface area contributed by atoms with Crippen LogP contribution in [0.1, 0.15) is 40.5 Å². The number of nitrogens with one attached hydrogen (secondary N) is 1. The van der Waals surface area contributed by atoms with Crippen LogP contribution < -0.4 is 10.1 Å². The van der Waals surface area contributed by atoms with E-state index in [1.807, 2.05) is 11.8 Å². The Morgan fingerprint density at radius 1 is 1.15 bits per heavy atom. The van der Waals surface area contributed by atoms with E-state index in [2.05, 4.69) is 15.3 Å². The van der Waals surface area contributed by atoms with Gasteiger partial charge in [-0.2, -0.15) is 0 Å². The van der Waals surface area contributed by atoms with E-state index < -0.39 is 0 Å². The number of pyridine rings is 2. The van der Waals surface area contributed by atoms with E-state index in [0.29, 0.717) is 36.7 Å². The lowest BCUT2D eigenvalue weighted by atomic mass is 10.0. The highest BCUT2D eigenvalue weighted by molar-refractivity contribution is 5.95. The van der Waals surface area contributed by atoms with E-state index in [1.54, 1.807) is 36.7 Å². The quantitative estimate of drug-likeness (QED) is 0.887. The summed E-state index contributed by atoms with van der Waals surface area (Å²) in [6, 6.07) is 6.88. The van der Waals surface area contributed by atoms with Gasteiger partial charge in [0, 0.05) is 49.4 Å². The summed E-state index contributed by atoms with van der Waals surface area (Å²) < 4.78 is 5.28. The number of ether oxygens (including phenoxy) is 1. The number of hydrogen-bond donors (Lipinski definition) is 1. The molecule has 2 aromatic heterocycles. The highest BCUT2D eigenvalue weighted by atomic mass is 16.5. The maximum Gasteiger partial charge on any atom is 0.253 e. The molecule has 7 nitrogen and oxygen atoms in total. The first-order valence-electron chi connectivity index (χ1n) is 8.76. The second-order valence-corrected chi connectivity index (χ2v) is 6.09. The lowest BCUT2D eigenvalue weighted by Crippen LogP contribution is -2.46. The maximum absolute atomic E-state index is 12.4. The van der Waals surface area contributed by atoms with Crippen molar-refractivity contribution in [3.05, 3.63) is 54.0 Å². The number of hydrogen-bond acceptors (Lipinski definition) is 5. The molecule has 26 heavy (non-hydrogen) atoms. The molecule has 1 N–H and O–H groups in total. The van der Waals surface area contributed by atoms with Crippen molar-refractivity contribution in [2.45, 2.75) is 25.8 Å². The average Bonchev–Trinajstić information content (AvgIpc) is 2.69. The van der Waals surface area contributed by atoms with Crippen LogP contribution >= 0.6 is 0 Å². The minimum absolute atomic E-state index is 0.00731. The Morgan fingerprint density at radius 3 is 2.50 bits per heavy atom. The van der Waals surface area contributed by atoms with Gasteiger partial charge in [0.05, 0.1) is 12.2 Å². The fourth-order valence-corrected chi connectivity index (χ4v) is 2.92. The number of aromatic nitrogens is 2. The molecule has 1 saturated heterocycles. The maximum atomic E-state index is 12.4. The lowest BCUT2D eigenvalue weighted by Gasteiger charge is -2.32. The summed E-state index contributed by atoms with van der Waals surface area (Å²) in [7, 11) is 0. The fourth-order valence-electron chi connectivity index (χ4n) is 2.92. The third kappa shape index (κ3) is 4.36. The Labute approximate surface area is 152 Å². The minimum Gasteiger partial charge on any atom is -0.478 e. The first-order valence-corrected chi connectivity index (χ1v) is 8.76. The van der Waals surface area contributed by atoms with Gasteiger partial charge in [-0.15, -0.1) is 0 Å². The van der Waals surface area contributed by atoms with E-state index in [0.717, 1.165) is 12.8 Å². The zero-order chi connectivity index (χ0) is 18.4. The van der Waals surface area contributed by atoms with Gasteiger partial charge in [0.2, 0.25) is 5.88 Å². The third-order valence-corrected chi connectivity index (χ3v) is 4.34. The third-order valence-electron chi connectivity index (χ3n) is 4.34. The number of piperidine rings is 1. The molecule has 1 aliphatic heterocycles. The molecule has 0 atom stereocenters. The van der Waals surface area contributed by atoms with Crippen LogP contribution in [0.25, 0.3) is 0 Å². The highest BCUT2D eigenvalue weighted by Crippen LogP contribution is 2.15. The summed E-state index contributed by atoms with van der Waals surface area (Å²) in [5.41, 5.74) is 1.15. The van der Waals surface area contributed by atoms with Crippen LogP contribution in [-0.4, -0.2) is 52.4 Å². The van der Waals surface area contributed by atoms with Crippen LogP contribution in [0.4, 0.5) is 0 Å². The van der Waals surface area contributed by atoms with Crippen molar-refractivity contribution in [3.8, 4) is 5.88 Å². The molecular weight excluding hydrogens is 332 g/mol. The van der Waals surface area contributed by atoms with Gasteiger partial charge in [0.1, 0.15) is 0 Å². The summed E-state index contributed by atoms with van der Waals surface area (Å²) in [4.78, 5) is 34.6. The predicted molar refractivity (Wildman–Crippen MR) is 96.0 cm³/mol. The molecule has 0 aliphatic carbocycles. The molecule has 0 radical (unpaired) electrons. The smallest absolute Gasteiger partial charge is 0.253 e. The number of rotatable bonds is 5. The zero-order valence-electron chi connectivity index (χ0n) is 14.7. The van der Waals surface area contributed by atoms with Crippen molar-refractivity contribution in [1.29, 1.82) is 0 Å². The molecule has 1 fully saturated rings. The second kappa shape index (κ2) is 8.42. The topological polar surface area (TPSA) is 84.4 Å². The fraction of sp³-hybridized carbons (Fsp3) is 0.368. The minimum atomic E-state index is -0.153. The Bertz CT molecular complexity index is 741. The van der Waals surface area contributed by atoms with Crippen LogP contribution in [0.5, 0.6) is 5.88 Å². The normalized spacial score (nSPS) is 14.7. The van der Waals surface area contributed by atoms with Gasteiger partial charge in [-0.05, 0) is 38.0 Å². The summed E-state index contributed by atoms with van der Waals surface area (Å²) in [6.45, 7) is 3.66. The summed E-state index contributed by atoms with van der Waals surface area (Å²) >= 11 is 0. The van der Waals surface area contributed by atoms with Crippen LogP contribution in [-0.2, 0) is 0 Å². The largest absolute Gasteiger partial charge is 0.478 e. The van der Waals surface area contributed by atoms with E-state index >= 15 is 0 Å². The summed E-state index contributed by atoms with van der Waals surface area (Å²) in [5.74, 6) is 0.360. The highest BCUT2D eigenvalue weighted by Gasteiger charge is 2.24. The molecule has 2 amide bonds. The number of likely N-dealkylation sites (tertiary alicyclic amines) is 1. The van der Waals surface area contributed by atoms with E-state index in [9.17, 15) is 9.59 Å². The Morgan fingerprint density at radius 2 is 1.88 bits per heavy atom. The first kappa shape index (κ1) is 17.8. The number of carbonyl (C=O) groups is 2. The Hall–Kier alpha value is -2.96. The van der Waals surface area contributed by atoms with Crippen LogP contribution in [0, 0.1) is 0 Å². The molecule has 7 heteroatoms. The van der Waals surface area contributed by atoms with E-state index in [4.69, 9.17) is 4.74 Å². The zero-order valence-corrected chi connectivity index (χ0v) is 14.7. The average molecular weight is 354 g/mol. The van der Waals surface area contributed by atoms with Gasteiger partial charge in [0.25, 0.3) is 11.8 Å². The molecule has 0 aromatic carbocycles. The lowest BCUT2D eigenvalue weighted by molar-refractivity contribution is 0.0698. The summed E-state index contributed by atoms with van der Waals surface area (Å²) in [5, 5.41) is 3.02. The van der Waals surface area contributed by atoms with E-state index in [-0.39, 0.29) is 17.9 Å². The van der Waals surface area contributed by atoms with Gasteiger partial charge >= 0.3 is 0 Å².